The summed E-state index contributed by atoms with van der Waals surface area (Å²) in [5.74, 6) is -5.85. The highest BCUT2D eigenvalue weighted by molar-refractivity contribution is 6.35. The average Bonchev–Trinajstić information content (AvgIpc) is 3.86. The number of anilines is 2. The van der Waals surface area contributed by atoms with E-state index in [4.69, 9.17) is 35.5 Å². The Labute approximate surface area is 282 Å². The van der Waals surface area contributed by atoms with Crippen molar-refractivity contribution in [2.24, 2.45) is 11.8 Å². The van der Waals surface area contributed by atoms with Crippen molar-refractivity contribution in [3.8, 4) is 0 Å². The van der Waals surface area contributed by atoms with E-state index in [2.05, 4.69) is 0 Å². The summed E-state index contributed by atoms with van der Waals surface area (Å²) in [5, 5.41) is 20.4. The molecule has 0 amide bonds. The van der Waals surface area contributed by atoms with Gasteiger partial charge in [-0.25, -0.2) is 14.6 Å². The van der Waals surface area contributed by atoms with Crippen molar-refractivity contribution in [3.05, 3.63) is 65.2 Å². The second kappa shape index (κ2) is 14.1. The van der Waals surface area contributed by atoms with E-state index in [1.165, 1.54) is 29.2 Å². The summed E-state index contributed by atoms with van der Waals surface area (Å²) < 4.78 is 63.3. The van der Waals surface area contributed by atoms with Crippen molar-refractivity contribution in [1.82, 2.24) is 4.98 Å². The molecule has 0 bridgehead atoms. The number of carbonyl (C=O) groups excluding carboxylic acids is 2. The largest absolute Gasteiger partial charge is 0.506 e. The summed E-state index contributed by atoms with van der Waals surface area (Å²) in [6.45, 7) is 1.51. The molecule has 1 aliphatic carbocycles. The van der Waals surface area contributed by atoms with E-state index >= 15 is 0 Å². The van der Waals surface area contributed by atoms with Gasteiger partial charge in [0.15, 0.2) is 6.10 Å². The second-order valence-electron chi connectivity index (χ2n) is 11.7. The fourth-order valence-electron chi connectivity index (χ4n) is 6.41. The lowest BCUT2D eigenvalue weighted by atomic mass is 9.76. The number of aliphatic carboxylic acids is 1. The predicted molar refractivity (Wildman–Crippen MR) is 166 cm³/mol. The van der Waals surface area contributed by atoms with Gasteiger partial charge >= 0.3 is 30.2 Å². The normalized spacial score (nSPS) is 22.9. The first kappa shape index (κ1) is 35.7. The van der Waals surface area contributed by atoms with Crippen molar-refractivity contribution in [2.75, 3.05) is 18.6 Å². The topological polar surface area (TPSA) is 162 Å². The van der Waals surface area contributed by atoms with Gasteiger partial charge in [-0.2, -0.15) is 13.2 Å². The monoisotopic (exact) mass is 708 g/mol. The molecule has 3 aromatic rings. The zero-order valence-corrected chi connectivity index (χ0v) is 26.9. The van der Waals surface area contributed by atoms with Crippen LogP contribution in [0.25, 0.3) is 10.9 Å². The molecule has 1 aromatic heterocycles. The van der Waals surface area contributed by atoms with Gasteiger partial charge in [0.05, 0.1) is 42.5 Å². The van der Waals surface area contributed by atoms with Gasteiger partial charge in [-0.1, -0.05) is 35.9 Å². The third-order valence-electron chi connectivity index (χ3n) is 8.86. The summed E-state index contributed by atoms with van der Waals surface area (Å²) in [6, 6.07) is 13.7. The molecular weight excluding hydrogens is 677 g/mol. The third-order valence-corrected chi connectivity index (χ3v) is 9.16. The molecule has 16 heteroatoms. The molecule has 0 spiro atoms. The average molecular weight is 709 g/mol. The molecule has 0 unspecified atom stereocenters. The van der Waals surface area contributed by atoms with Crippen LogP contribution in [0.3, 0.4) is 0 Å². The Morgan fingerprint density at radius 3 is 2.29 bits per heavy atom. The van der Waals surface area contributed by atoms with Gasteiger partial charge in [-0.15, -0.1) is 0 Å². The van der Waals surface area contributed by atoms with E-state index in [1.54, 1.807) is 37.3 Å². The maximum Gasteiger partial charge on any atom is 0.506 e. The Kier molecular flexibility index (Phi) is 10.2. The number of nitrogens with zero attached hydrogens (tertiary/aromatic N) is 2. The minimum atomic E-state index is -4.49. The summed E-state index contributed by atoms with van der Waals surface area (Å²) in [4.78, 5) is 56.3. The highest BCUT2D eigenvalue weighted by Crippen LogP contribution is 2.59. The molecule has 1 aliphatic heterocycles. The first-order valence-corrected chi connectivity index (χ1v) is 15.6. The van der Waals surface area contributed by atoms with Gasteiger partial charge < -0.3 is 29.2 Å². The summed E-state index contributed by atoms with van der Waals surface area (Å²) >= 11 is 6.47. The quantitative estimate of drug-likeness (QED) is 0.171. The number of carbonyl (C=O) groups is 4. The van der Waals surface area contributed by atoms with Crippen LogP contribution < -0.4 is 4.90 Å². The van der Waals surface area contributed by atoms with Crippen LogP contribution in [0.2, 0.25) is 5.02 Å². The molecule has 0 radical (unpaired) electrons. The number of aromatic nitrogens is 1. The van der Waals surface area contributed by atoms with Gasteiger partial charge in [0, 0.05) is 22.9 Å². The molecule has 2 heterocycles. The number of hydrogen-bond donors (Lipinski definition) is 2. The number of ether oxygens (including phenoxy) is 4. The minimum absolute atomic E-state index is 0.0250. The Bertz CT molecular complexity index is 1730. The molecule has 2 fully saturated rings. The van der Waals surface area contributed by atoms with Crippen molar-refractivity contribution in [3.63, 3.8) is 0 Å². The summed E-state index contributed by atoms with van der Waals surface area (Å²) in [6.07, 6.45) is -12.9. The minimum Gasteiger partial charge on any atom is -0.481 e. The Hall–Kier alpha value is -4.63. The van der Waals surface area contributed by atoms with Gasteiger partial charge in [0.2, 0.25) is 0 Å². The number of benzene rings is 2. The van der Waals surface area contributed by atoms with Crippen molar-refractivity contribution in [1.29, 1.82) is 0 Å². The SMILES string of the molecule is CCOC(=O)C[C@@H]1[C@H](CC(=O)O)[C@H](OC(=O)O)[C@@H](C(=O)OC)O[C@H]1N(c1ccc(C2(C(F)(F)F)CC2)cc1)c1ccc2cccc(Cl)c2n1. The summed E-state index contributed by atoms with van der Waals surface area (Å²) in [7, 11) is 1.01. The van der Waals surface area contributed by atoms with Crippen LogP contribution in [0.1, 0.15) is 38.2 Å². The highest BCUT2D eigenvalue weighted by Gasteiger charge is 2.64. The van der Waals surface area contributed by atoms with Gasteiger partial charge in [0.25, 0.3) is 0 Å². The highest BCUT2D eigenvalue weighted by atomic mass is 35.5. The number of fused-ring (bicyclic) bond motifs is 1. The lowest BCUT2D eigenvalue weighted by Crippen LogP contribution is -2.60. The number of carboxylic acid groups (broad SMARTS) is 2. The van der Waals surface area contributed by atoms with E-state index in [1.807, 2.05) is 0 Å². The number of alkyl halides is 3. The van der Waals surface area contributed by atoms with Gasteiger partial charge in [-0.05, 0) is 55.7 Å². The molecule has 5 atom stereocenters. The van der Waals surface area contributed by atoms with Crippen LogP contribution in [0.15, 0.2) is 54.6 Å². The number of methoxy groups -OCH3 is 1. The molecule has 1 saturated carbocycles. The van der Waals surface area contributed by atoms with Crippen LogP contribution in [-0.2, 0) is 38.7 Å². The number of carboxylic acids is 1. The maximum atomic E-state index is 14.0. The van der Waals surface area contributed by atoms with Crippen LogP contribution >= 0.6 is 11.6 Å². The van der Waals surface area contributed by atoms with Gasteiger partial charge in [-0.3, -0.25) is 14.5 Å². The van der Waals surface area contributed by atoms with Gasteiger partial charge in [0.1, 0.15) is 18.1 Å². The predicted octanol–water partition coefficient (Wildman–Crippen LogP) is 6.24. The smallest absolute Gasteiger partial charge is 0.481 e. The molecular formula is C33H32ClF3N2O10. The molecule has 2 aliphatic rings. The van der Waals surface area contributed by atoms with Crippen LogP contribution in [-0.4, -0.2) is 77.6 Å². The standard InChI is InChI=1S/C33H32ClF3N2O10/c1-3-47-25(42)16-21-20(15-24(40)41)27(49-31(44)45)28(30(43)46-2)48-29(21)39(23-12-7-17-5-4-6-22(34)26(17)38-23)19-10-8-18(9-11-19)32(13-14-32)33(35,36)37/h4-12,20-21,27-29H,3,13-16H2,1-2H3,(H,40,41)(H,44,45)/t20-,21+,27-,28-,29+/m0/s1. The second-order valence-corrected chi connectivity index (χ2v) is 12.1. The van der Waals surface area contributed by atoms with E-state index in [9.17, 15) is 42.6 Å². The van der Waals surface area contributed by atoms with Crippen molar-refractivity contribution < 1.29 is 61.5 Å². The van der Waals surface area contributed by atoms with E-state index in [-0.39, 0.29) is 41.5 Å². The van der Waals surface area contributed by atoms with E-state index < -0.39 is 78.8 Å². The fourth-order valence-corrected chi connectivity index (χ4v) is 6.64. The molecule has 2 N–H and O–H groups in total. The number of pyridine rings is 1. The molecule has 2 aromatic carbocycles. The molecule has 262 valence electrons. The first-order valence-electron chi connectivity index (χ1n) is 15.2. The van der Waals surface area contributed by atoms with Crippen LogP contribution in [0.5, 0.6) is 0 Å². The van der Waals surface area contributed by atoms with Crippen molar-refractivity contribution in [2.45, 2.75) is 62.6 Å². The number of esters is 2. The number of rotatable bonds is 11. The lowest BCUT2D eigenvalue weighted by molar-refractivity contribution is -0.205. The molecule has 49 heavy (non-hydrogen) atoms. The zero-order valence-electron chi connectivity index (χ0n) is 26.2. The lowest BCUT2D eigenvalue weighted by Gasteiger charge is -2.48. The van der Waals surface area contributed by atoms with E-state index in [0.29, 0.717) is 10.9 Å². The van der Waals surface area contributed by atoms with E-state index in [0.717, 1.165) is 7.11 Å². The molecule has 1 saturated heterocycles. The Morgan fingerprint density at radius 2 is 1.71 bits per heavy atom. The third kappa shape index (κ3) is 7.22. The molecule has 5 rings (SSSR count). The number of hydrogen-bond acceptors (Lipinski definition) is 10. The van der Waals surface area contributed by atoms with Crippen LogP contribution in [0.4, 0.5) is 29.5 Å². The molecule has 12 nitrogen and oxygen atoms in total. The Balaban J connectivity index is 1.73. The maximum absolute atomic E-state index is 14.0. The fraction of sp³-hybridized carbons (Fsp3) is 0.424. The first-order chi connectivity index (χ1) is 23.2. The zero-order chi connectivity index (χ0) is 35.7. The van der Waals surface area contributed by atoms with Crippen LogP contribution in [0, 0.1) is 11.8 Å². The van der Waals surface area contributed by atoms with Crippen molar-refractivity contribution >= 4 is 58.1 Å². The summed E-state index contributed by atoms with van der Waals surface area (Å²) in [5.41, 5.74) is -1.46. The number of para-hydroxylation sites is 1. The Morgan fingerprint density at radius 1 is 1.02 bits per heavy atom. The number of halogens is 4.